The Morgan fingerprint density at radius 2 is 1.81 bits per heavy atom. The number of likely N-dealkylation sites (tertiary alicyclic amines) is 1. The average molecular weight is 284 g/mol. The maximum absolute atomic E-state index is 13.6. The lowest BCUT2D eigenvalue weighted by atomic mass is 10.1. The van der Waals surface area contributed by atoms with Crippen molar-refractivity contribution in [3.63, 3.8) is 0 Å². The van der Waals surface area contributed by atoms with Crippen molar-refractivity contribution in [3.05, 3.63) is 66.0 Å². The fourth-order valence-corrected chi connectivity index (χ4v) is 2.88. The second-order valence-corrected chi connectivity index (χ2v) is 5.65. The Morgan fingerprint density at radius 1 is 1.05 bits per heavy atom. The summed E-state index contributed by atoms with van der Waals surface area (Å²) in [5.74, 6) is -0.166. The van der Waals surface area contributed by atoms with Crippen molar-refractivity contribution in [1.82, 2.24) is 4.90 Å². The molecule has 0 aromatic heterocycles. The van der Waals surface area contributed by atoms with Crippen molar-refractivity contribution in [2.75, 3.05) is 25.0 Å². The molecule has 0 radical (unpaired) electrons. The Labute approximate surface area is 125 Å². The highest BCUT2D eigenvalue weighted by atomic mass is 19.1. The van der Waals surface area contributed by atoms with E-state index in [4.69, 9.17) is 0 Å². The van der Waals surface area contributed by atoms with Crippen LogP contribution >= 0.6 is 0 Å². The summed E-state index contributed by atoms with van der Waals surface area (Å²) >= 11 is 0. The first-order valence-electron chi connectivity index (χ1n) is 7.58. The number of nitrogens with one attached hydrogen (secondary N) is 1. The molecule has 1 saturated heterocycles. The van der Waals surface area contributed by atoms with E-state index < -0.39 is 0 Å². The van der Waals surface area contributed by atoms with E-state index in [1.165, 1.54) is 11.6 Å². The molecule has 0 aliphatic carbocycles. The highest BCUT2D eigenvalue weighted by Gasteiger charge is 2.22. The summed E-state index contributed by atoms with van der Waals surface area (Å²) in [4.78, 5) is 2.45. The van der Waals surface area contributed by atoms with E-state index in [-0.39, 0.29) is 5.82 Å². The minimum atomic E-state index is -0.166. The zero-order valence-corrected chi connectivity index (χ0v) is 12.1. The van der Waals surface area contributed by atoms with Gasteiger partial charge in [-0.3, -0.25) is 0 Å². The van der Waals surface area contributed by atoms with Crippen LogP contribution in [0.3, 0.4) is 0 Å². The molecule has 2 aromatic carbocycles. The molecule has 1 aliphatic heterocycles. The van der Waals surface area contributed by atoms with Crippen LogP contribution in [0.1, 0.15) is 12.0 Å². The van der Waals surface area contributed by atoms with Crippen molar-refractivity contribution in [1.29, 1.82) is 0 Å². The van der Waals surface area contributed by atoms with Gasteiger partial charge in [0.2, 0.25) is 0 Å². The average Bonchev–Trinajstić information content (AvgIpc) is 2.96. The molecular formula is C18H21FN2. The van der Waals surface area contributed by atoms with E-state index in [2.05, 4.69) is 34.5 Å². The molecule has 1 fully saturated rings. The van der Waals surface area contributed by atoms with E-state index in [0.717, 1.165) is 32.5 Å². The van der Waals surface area contributed by atoms with Crippen molar-refractivity contribution in [3.8, 4) is 0 Å². The Kier molecular flexibility index (Phi) is 4.51. The van der Waals surface area contributed by atoms with Crippen LogP contribution in [-0.4, -0.2) is 30.6 Å². The van der Waals surface area contributed by atoms with Crippen LogP contribution in [0.2, 0.25) is 0 Å². The number of para-hydroxylation sites is 1. The Bertz CT molecular complexity index is 570. The van der Waals surface area contributed by atoms with Crippen molar-refractivity contribution in [2.24, 2.45) is 0 Å². The number of hydrogen-bond donors (Lipinski definition) is 1. The van der Waals surface area contributed by atoms with Crippen molar-refractivity contribution >= 4 is 5.69 Å². The molecule has 1 heterocycles. The third-order valence-electron chi connectivity index (χ3n) is 4.07. The van der Waals surface area contributed by atoms with Gasteiger partial charge in [0.25, 0.3) is 0 Å². The molecule has 0 bridgehead atoms. The summed E-state index contributed by atoms with van der Waals surface area (Å²) in [5.41, 5.74) is 2.00. The summed E-state index contributed by atoms with van der Waals surface area (Å²) in [7, 11) is 0. The van der Waals surface area contributed by atoms with Crippen LogP contribution in [0, 0.1) is 5.82 Å². The van der Waals surface area contributed by atoms with Crippen LogP contribution in [0.5, 0.6) is 0 Å². The zero-order valence-electron chi connectivity index (χ0n) is 12.1. The smallest absolute Gasteiger partial charge is 0.146 e. The first-order valence-corrected chi connectivity index (χ1v) is 7.58. The largest absolute Gasteiger partial charge is 0.379 e. The lowest BCUT2D eigenvalue weighted by Gasteiger charge is -2.17. The zero-order chi connectivity index (χ0) is 14.5. The van der Waals surface area contributed by atoms with Gasteiger partial charge in [0.05, 0.1) is 5.69 Å². The quantitative estimate of drug-likeness (QED) is 0.903. The maximum Gasteiger partial charge on any atom is 0.146 e. The second kappa shape index (κ2) is 6.72. The predicted octanol–water partition coefficient (Wildman–Crippen LogP) is 3.55. The lowest BCUT2D eigenvalue weighted by molar-refractivity contribution is 0.340. The Morgan fingerprint density at radius 3 is 2.62 bits per heavy atom. The number of benzene rings is 2. The number of nitrogens with zero attached hydrogens (tertiary/aromatic N) is 1. The van der Waals surface area contributed by atoms with Gasteiger partial charge in [-0.25, -0.2) is 4.39 Å². The minimum Gasteiger partial charge on any atom is -0.379 e. The minimum absolute atomic E-state index is 0.166. The van der Waals surface area contributed by atoms with Gasteiger partial charge < -0.3 is 10.2 Å². The van der Waals surface area contributed by atoms with Crippen LogP contribution in [0.4, 0.5) is 10.1 Å². The molecule has 0 saturated carbocycles. The highest BCUT2D eigenvalue weighted by Crippen LogP contribution is 2.18. The van der Waals surface area contributed by atoms with Gasteiger partial charge in [0.1, 0.15) is 5.82 Å². The monoisotopic (exact) mass is 284 g/mol. The van der Waals surface area contributed by atoms with Gasteiger partial charge in [0.15, 0.2) is 0 Å². The molecule has 1 atom stereocenters. The molecule has 1 N–H and O–H groups in total. The van der Waals surface area contributed by atoms with E-state index in [1.807, 2.05) is 18.2 Å². The van der Waals surface area contributed by atoms with E-state index >= 15 is 0 Å². The second-order valence-electron chi connectivity index (χ2n) is 5.65. The molecule has 3 heteroatoms. The van der Waals surface area contributed by atoms with Gasteiger partial charge in [-0.15, -0.1) is 0 Å². The fraction of sp³-hybridized carbons (Fsp3) is 0.333. The SMILES string of the molecule is Fc1ccccc1NC1CCN(CCc2ccccc2)C1. The maximum atomic E-state index is 13.6. The Hall–Kier alpha value is -1.87. The highest BCUT2D eigenvalue weighted by molar-refractivity contribution is 5.45. The van der Waals surface area contributed by atoms with Gasteiger partial charge in [-0.1, -0.05) is 42.5 Å². The normalized spacial score (nSPS) is 18.8. The van der Waals surface area contributed by atoms with Crippen LogP contribution in [0.25, 0.3) is 0 Å². The van der Waals surface area contributed by atoms with E-state index in [0.29, 0.717) is 11.7 Å². The molecule has 0 spiro atoms. The van der Waals surface area contributed by atoms with Crippen LogP contribution < -0.4 is 5.32 Å². The van der Waals surface area contributed by atoms with Gasteiger partial charge in [0, 0.05) is 25.7 Å². The summed E-state index contributed by atoms with van der Waals surface area (Å²) in [5, 5.41) is 3.32. The standard InChI is InChI=1S/C18H21FN2/c19-17-8-4-5-9-18(17)20-16-11-13-21(14-16)12-10-15-6-2-1-3-7-15/h1-9,16,20H,10-14H2. The number of halogens is 1. The Balaban J connectivity index is 1.48. The molecular weight excluding hydrogens is 263 g/mol. The number of anilines is 1. The van der Waals surface area contributed by atoms with Gasteiger partial charge in [-0.2, -0.15) is 0 Å². The first kappa shape index (κ1) is 14.1. The summed E-state index contributed by atoms with van der Waals surface area (Å²) in [6.45, 7) is 3.14. The molecule has 2 aromatic rings. The summed E-state index contributed by atoms with van der Waals surface area (Å²) in [6.07, 6.45) is 2.15. The van der Waals surface area contributed by atoms with E-state index in [1.54, 1.807) is 6.07 Å². The number of hydrogen-bond acceptors (Lipinski definition) is 2. The fourth-order valence-electron chi connectivity index (χ4n) is 2.88. The van der Waals surface area contributed by atoms with E-state index in [9.17, 15) is 4.39 Å². The summed E-state index contributed by atoms with van der Waals surface area (Å²) in [6, 6.07) is 17.8. The third-order valence-corrected chi connectivity index (χ3v) is 4.07. The van der Waals surface area contributed by atoms with Gasteiger partial charge >= 0.3 is 0 Å². The molecule has 2 nitrogen and oxygen atoms in total. The molecule has 3 rings (SSSR count). The van der Waals surface area contributed by atoms with Gasteiger partial charge in [-0.05, 0) is 30.5 Å². The molecule has 1 unspecified atom stereocenters. The van der Waals surface area contributed by atoms with Crippen molar-refractivity contribution in [2.45, 2.75) is 18.9 Å². The molecule has 1 aliphatic rings. The van der Waals surface area contributed by atoms with Crippen LogP contribution in [0.15, 0.2) is 54.6 Å². The third kappa shape index (κ3) is 3.82. The predicted molar refractivity (Wildman–Crippen MR) is 85.0 cm³/mol. The van der Waals surface area contributed by atoms with Crippen molar-refractivity contribution < 1.29 is 4.39 Å². The number of rotatable bonds is 5. The molecule has 0 amide bonds. The van der Waals surface area contributed by atoms with Crippen LogP contribution in [-0.2, 0) is 6.42 Å². The first-order chi connectivity index (χ1) is 10.3. The lowest BCUT2D eigenvalue weighted by Crippen LogP contribution is -2.28. The molecule has 110 valence electrons. The topological polar surface area (TPSA) is 15.3 Å². The molecule has 21 heavy (non-hydrogen) atoms. The summed E-state index contributed by atoms with van der Waals surface area (Å²) < 4.78 is 13.6.